The molecule has 1 saturated heterocycles. The van der Waals surface area contributed by atoms with Gasteiger partial charge < -0.3 is 15.0 Å². The average molecular weight is 253 g/mol. The molecule has 1 heterocycles. The van der Waals surface area contributed by atoms with Crippen LogP contribution in [0.1, 0.15) is 27.2 Å². The molecule has 18 heavy (non-hydrogen) atoms. The zero-order chi connectivity index (χ0) is 13.6. The van der Waals surface area contributed by atoms with Crippen LogP contribution in [0.2, 0.25) is 0 Å². The first-order chi connectivity index (χ1) is 8.46. The lowest BCUT2D eigenvalue weighted by atomic mass is 9.91. The van der Waals surface area contributed by atoms with E-state index < -0.39 is 0 Å². The van der Waals surface area contributed by atoms with Crippen molar-refractivity contribution in [2.45, 2.75) is 33.2 Å². The standard InChI is InChI=1S/C13H23N3O2/c1-11(15-5-4-13(2,3)10-14)12(17)16-6-8-18-9-7-16/h11,15H,4-9H2,1-3H3. The first kappa shape index (κ1) is 14.9. The van der Waals surface area contributed by atoms with Gasteiger partial charge in [0.05, 0.1) is 30.7 Å². The van der Waals surface area contributed by atoms with Crippen LogP contribution in [0, 0.1) is 16.7 Å². The second-order valence-corrected chi connectivity index (χ2v) is 5.36. The third-order valence-corrected chi connectivity index (χ3v) is 3.20. The molecule has 1 aliphatic heterocycles. The highest BCUT2D eigenvalue weighted by molar-refractivity contribution is 5.81. The molecular weight excluding hydrogens is 230 g/mol. The van der Waals surface area contributed by atoms with Gasteiger partial charge in [-0.2, -0.15) is 5.26 Å². The van der Waals surface area contributed by atoms with Crippen LogP contribution in [0.15, 0.2) is 0 Å². The Bertz CT molecular complexity index is 317. The van der Waals surface area contributed by atoms with E-state index in [1.807, 2.05) is 25.7 Å². The Kier molecular flexibility index (Phi) is 5.57. The highest BCUT2D eigenvalue weighted by Crippen LogP contribution is 2.17. The normalized spacial score (nSPS) is 18.2. The van der Waals surface area contributed by atoms with Crippen LogP contribution in [0.5, 0.6) is 0 Å². The number of morpholine rings is 1. The Morgan fingerprint density at radius 2 is 2.11 bits per heavy atom. The van der Waals surface area contributed by atoms with Crippen LogP contribution < -0.4 is 5.32 Å². The Morgan fingerprint density at radius 3 is 2.67 bits per heavy atom. The summed E-state index contributed by atoms with van der Waals surface area (Å²) in [5.74, 6) is 0.119. The van der Waals surface area contributed by atoms with Gasteiger partial charge in [-0.3, -0.25) is 4.79 Å². The molecule has 0 aromatic rings. The first-order valence-electron chi connectivity index (χ1n) is 6.47. The molecule has 0 saturated carbocycles. The van der Waals surface area contributed by atoms with Gasteiger partial charge in [0.25, 0.3) is 0 Å². The summed E-state index contributed by atoms with van der Waals surface area (Å²) in [6.45, 7) is 8.96. The summed E-state index contributed by atoms with van der Waals surface area (Å²) < 4.78 is 5.22. The molecule has 0 radical (unpaired) electrons. The number of hydrogen-bond donors (Lipinski definition) is 1. The number of rotatable bonds is 5. The van der Waals surface area contributed by atoms with Gasteiger partial charge in [0, 0.05) is 13.1 Å². The lowest BCUT2D eigenvalue weighted by Gasteiger charge is -2.29. The van der Waals surface area contributed by atoms with Crippen LogP contribution in [0.25, 0.3) is 0 Å². The molecule has 0 aromatic carbocycles. The van der Waals surface area contributed by atoms with Crippen LogP contribution in [0.4, 0.5) is 0 Å². The van der Waals surface area contributed by atoms with Crippen LogP contribution >= 0.6 is 0 Å². The summed E-state index contributed by atoms with van der Waals surface area (Å²) in [5.41, 5.74) is -0.339. The largest absolute Gasteiger partial charge is 0.378 e. The summed E-state index contributed by atoms with van der Waals surface area (Å²) in [7, 11) is 0. The van der Waals surface area contributed by atoms with E-state index in [1.165, 1.54) is 0 Å². The summed E-state index contributed by atoms with van der Waals surface area (Å²) in [6, 6.07) is 2.06. The van der Waals surface area contributed by atoms with Gasteiger partial charge in [0.2, 0.25) is 5.91 Å². The molecule has 1 atom stereocenters. The third kappa shape index (κ3) is 4.63. The molecule has 1 amide bonds. The minimum atomic E-state index is -0.339. The summed E-state index contributed by atoms with van der Waals surface area (Å²) in [4.78, 5) is 13.9. The van der Waals surface area contributed by atoms with E-state index >= 15 is 0 Å². The number of hydrogen-bond acceptors (Lipinski definition) is 4. The Morgan fingerprint density at radius 1 is 1.50 bits per heavy atom. The van der Waals surface area contributed by atoms with E-state index in [0.29, 0.717) is 32.8 Å². The number of carbonyl (C=O) groups excluding carboxylic acids is 1. The Balaban J connectivity index is 2.29. The smallest absolute Gasteiger partial charge is 0.239 e. The Labute approximate surface area is 109 Å². The SMILES string of the molecule is CC(NCCC(C)(C)C#N)C(=O)N1CCOCC1. The van der Waals surface area contributed by atoms with E-state index in [9.17, 15) is 4.79 Å². The first-order valence-corrected chi connectivity index (χ1v) is 6.47. The zero-order valence-corrected chi connectivity index (χ0v) is 11.5. The topological polar surface area (TPSA) is 65.4 Å². The van der Waals surface area contributed by atoms with Gasteiger partial charge in [-0.05, 0) is 33.7 Å². The fourth-order valence-electron chi connectivity index (χ4n) is 1.80. The second kappa shape index (κ2) is 6.72. The molecule has 0 aromatic heterocycles. The van der Waals surface area contributed by atoms with Gasteiger partial charge in [0.1, 0.15) is 0 Å². The lowest BCUT2D eigenvalue weighted by Crippen LogP contribution is -2.49. The molecule has 102 valence electrons. The maximum atomic E-state index is 12.1. The van der Waals surface area contributed by atoms with Gasteiger partial charge in [-0.15, -0.1) is 0 Å². The van der Waals surface area contributed by atoms with Crippen molar-refractivity contribution in [1.82, 2.24) is 10.2 Å². The van der Waals surface area contributed by atoms with Crippen molar-refractivity contribution in [2.24, 2.45) is 5.41 Å². The molecule has 1 unspecified atom stereocenters. The fourth-order valence-corrected chi connectivity index (χ4v) is 1.80. The number of ether oxygens (including phenoxy) is 1. The fraction of sp³-hybridized carbons (Fsp3) is 0.846. The minimum absolute atomic E-state index is 0.119. The van der Waals surface area contributed by atoms with Gasteiger partial charge in [0.15, 0.2) is 0 Å². The van der Waals surface area contributed by atoms with Crippen molar-refractivity contribution in [1.29, 1.82) is 5.26 Å². The highest BCUT2D eigenvalue weighted by Gasteiger charge is 2.23. The van der Waals surface area contributed by atoms with Crippen LogP contribution in [0.3, 0.4) is 0 Å². The van der Waals surface area contributed by atoms with Crippen molar-refractivity contribution >= 4 is 5.91 Å². The Hall–Kier alpha value is -1.12. The number of nitrogens with one attached hydrogen (secondary N) is 1. The molecular formula is C13H23N3O2. The van der Waals surface area contributed by atoms with Gasteiger partial charge in [-0.25, -0.2) is 0 Å². The molecule has 0 aliphatic carbocycles. The van der Waals surface area contributed by atoms with Gasteiger partial charge in [-0.1, -0.05) is 0 Å². The van der Waals surface area contributed by atoms with E-state index in [-0.39, 0.29) is 17.4 Å². The maximum absolute atomic E-state index is 12.1. The zero-order valence-electron chi connectivity index (χ0n) is 11.5. The summed E-state index contributed by atoms with van der Waals surface area (Å²) in [5, 5.41) is 12.1. The van der Waals surface area contributed by atoms with Crippen molar-refractivity contribution in [3.63, 3.8) is 0 Å². The van der Waals surface area contributed by atoms with E-state index in [2.05, 4.69) is 11.4 Å². The maximum Gasteiger partial charge on any atom is 0.239 e. The predicted octanol–water partition coefficient (Wildman–Crippen LogP) is 0.763. The molecule has 0 bridgehead atoms. The molecule has 5 heteroatoms. The van der Waals surface area contributed by atoms with Crippen molar-refractivity contribution in [3.05, 3.63) is 0 Å². The molecule has 5 nitrogen and oxygen atoms in total. The van der Waals surface area contributed by atoms with Crippen molar-refractivity contribution < 1.29 is 9.53 Å². The monoisotopic (exact) mass is 253 g/mol. The molecule has 1 aliphatic rings. The average Bonchev–Trinajstić information content (AvgIpc) is 2.38. The number of carbonyl (C=O) groups is 1. The van der Waals surface area contributed by atoms with Gasteiger partial charge >= 0.3 is 0 Å². The molecule has 1 rings (SSSR count). The van der Waals surface area contributed by atoms with E-state index in [0.717, 1.165) is 6.42 Å². The third-order valence-electron chi connectivity index (χ3n) is 3.20. The number of nitrogens with zero attached hydrogens (tertiary/aromatic N) is 2. The number of nitriles is 1. The summed E-state index contributed by atoms with van der Waals surface area (Å²) >= 11 is 0. The molecule has 0 spiro atoms. The minimum Gasteiger partial charge on any atom is -0.378 e. The molecule has 1 fully saturated rings. The lowest BCUT2D eigenvalue weighted by molar-refractivity contribution is -0.137. The predicted molar refractivity (Wildman–Crippen MR) is 68.9 cm³/mol. The van der Waals surface area contributed by atoms with Crippen LogP contribution in [-0.4, -0.2) is 49.7 Å². The van der Waals surface area contributed by atoms with Crippen molar-refractivity contribution in [3.8, 4) is 6.07 Å². The quantitative estimate of drug-likeness (QED) is 0.785. The summed E-state index contributed by atoms with van der Waals surface area (Å²) in [6.07, 6.45) is 0.740. The number of amides is 1. The van der Waals surface area contributed by atoms with E-state index in [4.69, 9.17) is 10.00 Å². The van der Waals surface area contributed by atoms with E-state index in [1.54, 1.807) is 0 Å². The van der Waals surface area contributed by atoms with Crippen LogP contribution in [-0.2, 0) is 9.53 Å². The highest BCUT2D eigenvalue weighted by atomic mass is 16.5. The second-order valence-electron chi connectivity index (χ2n) is 5.36. The molecule has 1 N–H and O–H groups in total. The van der Waals surface area contributed by atoms with Crippen molar-refractivity contribution in [2.75, 3.05) is 32.8 Å².